The highest BCUT2D eigenvalue weighted by atomic mass is 16.1. The van der Waals surface area contributed by atoms with Gasteiger partial charge < -0.3 is 10.2 Å². The topological polar surface area (TPSA) is 75.9 Å². The number of aromatic nitrogens is 4. The SMILES string of the molecule is CC(C)n1cc(C(=O)NCc2cccnc2N(C)CCc2ccccn2)cn1. The van der Waals surface area contributed by atoms with E-state index in [1.54, 1.807) is 29.5 Å². The Morgan fingerprint density at radius 3 is 2.71 bits per heavy atom. The van der Waals surface area contributed by atoms with Crippen molar-refractivity contribution < 1.29 is 4.79 Å². The number of carbonyl (C=O) groups excluding carboxylic acids is 1. The highest BCUT2D eigenvalue weighted by Crippen LogP contribution is 2.16. The second kappa shape index (κ2) is 9.12. The van der Waals surface area contributed by atoms with Crippen LogP contribution in [0, 0.1) is 0 Å². The van der Waals surface area contributed by atoms with Crippen LogP contribution in [0.25, 0.3) is 0 Å². The van der Waals surface area contributed by atoms with E-state index in [0.29, 0.717) is 12.1 Å². The van der Waals surface area contributed by atoms with Crippen LogP contribution in [0.2, 0.25) is 0 Å². The maximum absolute atomic E-state index is 12.4. The molecule has 0 aliphatic carbocycles. The molecule has 0 aromatic carbocycles. The van der Waals surface area contributed by atoms with Crippen LogP contribution in [0.3, 0.4) is 0 Å². The summed E-state index contributed by atoms with van der Waals surface area (Å²) < 4.78 is 1.77. The van der Waals surface area contributed by atoms with Gasteiger partial charge in [0.25, 0.3) is 5.91 Å². The zero-order chi connectivity index (χ0) is 19.9. The second-order valence-electron chi connectivity index (χ2n) is 6.96. The number of anilines is 1. The molecule has 0 aliphatic heterocycles. The third kappa shape index (κ3) is 4.94. The van der Waals surface area contributed by atoms with Crippen LogP contribution in [-0.2, 0) is 13.0 Å². The Kier molecular flexibility index (Phi) is 6.37. The first-order chi connectivity index (χ1) is 13.5. The third-order valence-corrected chi connectivity index (χ3v) is 4.49. The summed E-state index contributed by atoms with van der Waals surface area (Å²) in [5.74, 6) is 0.717. The largest absolute Gasteiger partial charge is 0.359 e. The van der Waals surface area contributed by atoms with Crippen LogP contribution >= 0.6 is 0 Å². The molecule has 0 fully saturated rings. The molecule has 1 amide bonds. The van der Waals surface area contributed by atoms with E-state index >= 15 is 0 Å². The number of rotatable bonds is 8. The summed E-state index contributed by atoms with van der Waals surface area (Å²) in [4.78, 5) is 23.4. The molecule has 0 bridgehead atoms. The Balaban J connectivity index is 1.62. The lowest BCUT2D eigenvalue weighted by atomic mass is 10.2. The van der Waals surface area contributed by atoms with Gasteiger partial charge in [0.15, 0.2) is 0 Å². The molecule has 28 heavy (non-hydrogen) atoms. The Morgan fingerprint density at radius 1 is 1.18 bits per heavy atom. The summed E-state index contributed by atoms with van der Waals surface area (Å²) in [5, 5.41) is 7.19. The first-order valence-corrected chi connectivity index (χ1v) is 9.42. The second-order valence-corrected chi connectivity index (χ2v) is 6.96. The van der Waals surface area contributed by atoms with E-state index < -0.39 is 0 Å². The maximum atomic E-state index is 12.4. The van der Waals surface area contributed by atoms with Crippen molar-refractivity contribution in [1.82, 2.24) is 25.1 Å². The van der Waals surface area contributed by atoms with Crippen molar-refractivity contribution in [2.75, 3.05) is 18.5 Å². The molecule has 3 aromatic rings. The predicted octanol–water partition coefficient (Wildman–Crippen LogP) is 2.86. The monoisotopic (exact) mass is 378 g/mol. The van der Waals surface area contributed by atoms with Crippen LogP contribution in [-0.4, -0.2) is 39.2 Å². The minimum absolute atomic E-state index is 0.141. The molecule has 3 rings (SSSR count). The molecule has 0 radical (unpaired) electrons. The number of pyridine rings is 2. The Morgan fingerprint density at radius 2 is 2.00 bits per heavy atom. The van der Waals surface area contributed by atoms with Crippen LogP contribution in [0.5, 0.6) is 0 Å². The standard InChI is InChI=1S/C21H26N6O/c1-16(2)27-15-18(14-25-27)21(28)24-13-17-7-6-11-23-20(17)26(3)12-9-19-8-4-5-10-22-19/h4-8,10-11,14-16H,9,12-13H2,1-3H3,(H,24,28). The molecule has 1 N–H and O–H groups in total. The van der Waals surface area contributed by atoms with Gasteiger partial charge in [0.2, 0.25) is 0 Å². The fraction of sp³-hybridized carbons (Fsp3) is 0.333. The quantitative estimate of drug-likeness (QED) is 0.652. The molecule has 7 heteroatoms. The summed E-state index contributed by atoms with van der Waals surface area (Å²) in [6.45, 7) is 5.24. The van der Waals surface area contributed by atoms with Gasteiger partial charge in [0.1, 0.15) is 5.82 Å². The Hall–Kier alpha value is -3.22. The van der Waals surface area contributed by atoms with E-state index in [-0.39, 0.29) is 11.9 Å². The van der Waals surface area contributed by atoms with Gasteiger partial charge in [-0.05, 0) is 32.0 Å². The number of likely N-dealkylation sites (N-methyl/N-ethyl adjacent to an activating group) is 1. The number of amides is 1. The molecule has 0 aliphatic rings. The van der Waals surface area contributed by atoms with Crippen molar-refractivity contribution in [3.8, 4) is 0 Å². The lowest BCUT2D eigenvalue weighted by Crippen LogP contribution is -2.27. The number of carbonyl (C=O) groups is 1. The summed E-state index contributed by atoms with van der Waals surface area (Å²) >= 11 is 0. The van der Waals surface area contributed by atoms with Crippen molar-refractivity contribution in [1.29, 1.82) is 0 Å². The van der Waals surface area contributed by atoms with Crippen molar-refractivity contribution >= 4 is 11.7 Å². The van der Waals surface area contributed by atoms with Crippen LogP contribution < -0.4 is 10.2 Å². The molecule has 7 nitrogen and oxygen atoms in total. The summed E-state index contributed by atoms with van der Waals surface area (Å²) in [7, 11) is 2.00. The molecule has 3 heterocycles. The van der Waals surface area contributed by atoms with Gasteiger partial charge in [-0.15, -0.1) is 0 Å². The number of hydrogen-bond donors (Lipinski definition) is 1. The number of nitrogens with one attached hydrogen (secondary N) is 1. The lowest BCUT2D eigenvalue weighted by Gasteiger charge is -2.21. The lowest BCUT2D eigenvalue weighted by molar-refractivity contribution is 0.0951. The van der Waals surface area contributed by atoms with Gasteiger partial charge in [0.05, 0.1) is 11.8 Å². The van der Waals surface area contributed by atoms with Gasteiger partial charge >= 0.3 is 0 Å². The first-order valence-electron chi connectivity index (χ1n) is 9.42. The zero-order valence-electron chi connectivity index (χ0n) is 16.5. The van der Waals surface area contributed by atoms with Gasteiger partial charge in [-0.25, -0.2) is 4.98 Å². The number of hydrogen-bond acceptors (Lipinski definition) is 5. The van der Waals surface area contributed by atoms with E-state index in [4.69, 9.17) is 0 Å². The fourth-order valence-electron chi connectivity index (χ4n) is 2.86. The van der Waals surface area contributed by atoms with E-state index in [1.807, 2.05) is 51.2 Å². The highest BCUT2D eigenvalue weighted by Gasteiger charge is 2.13. The minimum atomic E-state index is -0.141. The fourth-order valence-corrected chi connectivity index (χ4v) is 2.86. The average Bonchev–Trinajstić information content (AvgIpc) is 3.22. The Labute approximate surface area is 165 Å². The Bertz CT molecular complexity index is 906. The first kappa shape index (κ1) is 19.5. The smallest absolute Gasteiger partial charge is 0.254 e. The molecule has 0 spiro atoms. The van der Waals surface area contributed by atoms with Crippen LogP contribution in [0.4, 0.5) is 5.82 Å². The molecule has 0 saturated heterocycles. The van der Waals surface area contributed by atoms with Crippen molar-refractivity contribution in [2.45, 2.75) is 32.9 Å². The van der Waals surface area contributed by atoms with Crippen molar-refractivity contribution in [3.63, 3.8) is 0 Å². The highest BCUT2D eigenvalue weighted by molar-refractivity contribution is 5.93. The summed E-state index contributed by atoms with van der Waals surface area (Å²) in [6, 6.07) is 10.0. The van der Waals surface area contributed by atoms with Crippen molar-refractivity contribution in [3.05, 3.63) is 71.9 Å². The third-order valence-electron chi connectivity index (χ3n) is 4.49. The zero-order valence-corrected chi connectivity index (χ0v) is 16.5. The van der Waals surface area contributed by atoms with E-state index in [0.717, 1.165) is 30.0 Å². The summed E-state index contributed by atoms with van der Waals surface area (Å²) in [6.07, 6.45) is 7.76. The van der Waals surface area contributed by atoms with E-state index in [2.05, 4.69) is 25.3 Å². The molecular formula is C21H26N6O. The van der Waals surface area contributed by atoms with Crippen LogP contribution in [0.1, 0.15) is 41.5 Å². The summed E-state index contributed by atoms with van der Waals surface area (Å²) in [5.41, 5.74) is 2.57. The van der Waals surface area contributed by atoms with Gasteiger partial charge in [-0.2, -0.15) is 5.10 Å². The maximum Gasteiger partial charge on any atom is 0.254 e. The van der Waals surface area contributed by atoms with Crippen molar-refractivity contribution in [2.24, 2.45) is 0 Å². The average molecular weight is 378 g/mol. The molecular weight excluding hydrogens is 352 g/mol. The van der Waals surface area contributed by atoms with Gasteiger partial charge in [-0.3, -0.25) is 14.5 Å². The minimum Gasteiger partial charge on any atom is -0.359 e. The van der Waals surface area contributed by atoms with Gasteiger partial charge in [0, 0.05) is 62.4 Å². The van der Waals surface area contributed by atoms with Gasteiger partial charge in [-0.1, -0.05) is 12.1 Å². The van der Waals surface area contributed by atoms with E-state index in [1.165, 1.54) is 0 Å². The molecule has 0 atom stereocenters. The molecule has 0 unspecified atom stereocenters. The molecule has 146 valence electrons. The van der Waals surface area contributed by atoms with Crippen LogP contribution in [0.15, 0.2) is 55.1 Å². The normalized spacial score (nSPS) is 10.9. The molecule has 3 aromatic heterocycles. The molecule has 0 saturated carbocycles. The predicted molar refractivity (Wildman–Crippen MR) is 109 cm³/mol. The number of nitrogens with zero attached hydrogens (tertiary/aromatic N) is 5. The van der Waals surface area contributed by atoms with E-state index in [9.17, 15) is 4.79 Å².